The van der Waals surface area contributed by atoms with Crippen molar-refractivity contribution >= 4 is 17.5 Å². The van der Waals surface area contributed by atoms with Crippen LogP contribution in [0, 0.1) is 6.92 Å². The molecule has 0 spiro atoms. The van der Waals surface area contributed by atoms with Gasteiger partial charge in [0.2, 0.25) is 0 Å². The molecule has 0 fully saturated rings. The fourth-order valence-electron chi connectivity index (χ4n) is 2.52. The van der Waals surface area contributed by atoms with E-state index in [1.165, 1.54) is 10.7 Å². The van der Waals surface area contributed by atoms with Crippen LogP contribution >= 0.6 is 0 Å². The summed E-state index contributed by atoms with van der Waals surface area (Å²) in [5.74, 6) is -0.875. The predicted molar refractivity (Wildman–Crippen MR) is 92.7 cm³/mol. The first kappa shape index (κ1) is 16.4. The monoisotopic (exact) mass is 338 g/mol. The Labute approximate surface area is 144 Å². The number of nitrogens with one attached hydrogen (secondary N) is 1. The van der Waals surface area contributed by atoms with E-state index in [9.17, 15) is 9.59 Å². The number of rotatable bonds is 5. The van der Waals surface area contributed by atoms with Crippen LogP contribution in [0.2, 0.25) is 0 Å². The minimum absolute atomic E-state index is 0.154. The maximum atomic E-state index is 12.6. The highest BCUT2D eigenvalue weighted by atomic mass is 16.2. The number of carbonyl (C=O) groups is 2. The van der Waals surface area contributed by atoms with Crippen LogP contribution in [0.1, 0.15) is 33.6 Å². The molecule has 0 unspecified atom stereocenters. The molecular weight excluding hydrogens is 320 g/mol. The average Bonchev–Trinajstić information content (AvgIpc) is 3.22. The second-order valence-corrected chi connectivity index (χ2v) is 5.47. The van der Waals surface area contributed by atoms with E-state index in [1.807, 2.05) is 19.9 Å². The van der Waals surface area contributed by atoms with E-state index < -0.39 is 5.91 Å². The maximum absolute atomic E-state index is 12.6. The van der Waals surface area contributed by atoms with Crippen molar-refractivity contribution < 1.29 is 9.59 Å². The third-order valence-electron chi connectivity index (χ3n) is 3.67. The standard InChI is InChI=1S/C17H18N6O2/c1-3-22-15(10-11(2)20-22)17(25)19-12-6-4-5-7-14(12)23-9-8-13(21-23)16(18)24/h4-10H,3H2,1-2H3,(H2,18,24)(H,19,25). The second kappa shape index (κ2) is 6.60. The molecule has 0 saturated carbocycles. The molecule has 3 aromatic rings. The van der Waals surface area contributed by atoms with E-state index in [2.05, 4.69) is 15.5 Å². The lowest BCUT2D eigenvalue weighted by Gasteiger charge is -2.11. The number of carbonyl (C=O) groups excluding carboxylic acids is 2. The van der Waals surface area contributed by atoms with Gasteiger partial charge in [0.15, 0.2) is 0 Å². The summed E-state index contributed by atoms with van der Waals surface area (Å²) in [5, 5.41) is 11.3. The van der Waals surface area contributed by atoms with Crippen molar-refractivity contribution in [2.75, 3.05) is 5.32 Å². The van der Waals surface area contributed by atoms with E-state index in [0.29, 0.717) is 23.6 Å². The molecule has 8 nitrogen and oxygen atoms in total. The molecule has 8 heteroatoms. The number of amides is 2. The summed E-state index contributed by atoms with van der Waals surface area (Å²) < 4.78 is 3.14. The molecule has 0 saturated heterocycles. The number of hydrogen-bond acceptors (Lipinski definition) is 4. The zero-order valence-corrected chi connectivity index (χ0v) is 13.9. The van der Waals surface area contributed by atoms with Crippen LogP contribution in [0.4, 0.5) is 5.69 Å². The Morgan fingerprint density at radius 3 is 2.64 bits per heavy atom. The summed E-state index contributed by atoms with van der Waals surface area (Å²) in [5.41, 5.74) is 7.84. The molecule has 2 heterocycles. The number of aryl methyl sites for hydroxylation is 2. The van der Waals surface area contributed by atoms with Gasteiger partial charge < -0.3 is 11.1 Å². The molecule has 0 aliphatic rings. The number of nitrogens with zero attached hydrogens (tertiary/aromatic N) is 4. The van der Waals surface area contributed by atoms with Crippen molar-refractivity contribution in [2.45, 2.75) is 20.4 Å². The van der Waals surface area contributed by atoms with Gasteiger partial charge in [-0.2, -0.15) is 10.2 Å². The fourth-order valence-corrected chi connectivity index (χ4v) is 2.52. The molecular formula is C17H18N6O2. The Balaban J connectivity index is 1.93. The van der Waals surface area contributed by atoms with Crippen molar-refractivity contribution in [1.29, 1.82) is 0 Å². The third kappa shape index (κ3) is 3.27. The number of nitrogens with two attached hydrogens (primary N) is 1. The highest BCUT2D eigenvalue weighted by Gasteiger charge is 2.16. The molecule has 0 aliphatic carbocycles. The molecule has 0 bridgehead atoms. The topological polar surface area (TPSA) is 108 Å². The van der Waals surface area contributed by atoms with Crippen molar-refractivity contribution in [3.05, 3.63) is 59.7 Å². The quantitative estimate of drug-likeness (QED) is 0.739. The SMILES string of the molecule is CCn1nc(C)cc1C(=O)Nc1ccccc1-n1ccc(C(N)=O)n1. The molecule has 2 amide bonds. The normalized spacial score (nSPS) is 10.6. The lowest BCUT2D eigenvalue weighted by atomic mass is 10.2. The van der Waals surface area contributed by atoms with Gasteiger partial charge in [-0.1, -0.05) is 12.1 Å². The van der Waals surface area contributed by atoms with Crippen LogP contribution < -0.4 is 11.1 Å². The minimum Gasteiger partial charge on any atom is -0.364 e. The molecule has 0 radical (unpaired) electrons. The van der Waals surface area contributed by atoms with Crippen LogP contribution in [-0.2, 0) is 6.54 Å². The van der Waals surface area contributed by atoms with E-state index in [-0.39, 0.29) is 11.6 Å². The molecule has 3 rings (SSSR count). The Bertz CT molecular complexity index is 940. The van der Waals surface area contributed by atoms with Gasteiger partial charge in [0.05, 0.1) is 17.1 Å². The summed E-state index contributed by atoms with van der Waals surface area (Å²) in [6, 6.07) is 10.4. The van der Waals surface area contributed by atoms with E-state index in [4.69, 9.17) is 5.73 Å². The van der Waals surface area contributed by atoms with Crippen LogP contribution in [0.15, 0.2) is 42.6 Å². The van der Waals surface area contributed by atoms with E-state index in [0.717, 1.165) is 5.69 Å². The first-order valence-electron chi connectivity index (χ1n) is 7.80. The van der Waals surface area contributed by atoms with Crippen LogP contribution in [0.3, 0.4) is 0 Å². The Morgan fingerprint density at radius 2 is 1.96 bits per heavy atom. The van der Waals surface area contributed by atoms with Gasteiger partial charge in [-0.05, 0) is 38.1 Å². The lowest BCUT2D eigenvalue weighted by molar-refractivity contribution is 0.0991. The van der Waals surface area contributed by atoms with Crippen molar-refractivity contribution in [3.8, 4) is 5.69 Å². The molecule has 25 heavy (non-hydrogen) atoms. The van der Waals surface area contributed by atoms with Gasteiger partial charge in [-0.15, -0.1) is 0 Å². The number of para-hydroxylation sites is 2. The molecule has 0 aliphatic heterocycles. The van der Waals surface area contributed by atoms with Gasteiger partial charge in [-0.25, -0.2) is 4.68 Å². The molecule has 2 aromatic heterocycles. The zero-order chi connectivity index (χ0) is 18.0. The van der Waals surface area contributed by atoms with Crippen LogP contribution in [0.5, 0.6) is 0 Å². The second-order valence-electron chi connectivity index (χ2n) is 5.47. The van der Waals surface area contributed by atoms with Gasteiger partial charge in [0.25, 0.3) is 11.8 Å². The Hall–Kier alpha value is -3.42. The average molecular weight is 338 g/mol. The maximum Gasteiger partial charge on any atom is 0.273 e. The van der Waals surface area contributed by atoms with Crippen molar-refractivity contribution in [3.63, 3.8) is 0 Å². The fraction of sp³-hybridized carbons (Fsp3) is 0.176. The summed E-state index contributed by atoms with van der Waals surface area (Å²) in [6.07, 6.45) is 1.62. The highest BCUT2D eigenvalue weighted by Crippen LogP contribution is 2.20. The smallest absolute Gasteiger partial charge is 0.273 e. The number of primary amides is 1. The number of aromatic nitrogens is 4. The zero-order valence-electron chi connectivity index (χ0n) is 13.9. The Kier molecular flexibility index (Phi) is 4.34. The molecule has 128 valence electrons. The largest absolute Gasteiger partial charge is 0.364 e. The summed E-state index contributed by atoms with van der Waals surface area (Å²) in [7, 11) is 0. The van der Waals surface area contributed by atoms with Gasteiger partial charge in [0, 0.05) is 12.7 Å². The summed E-state index contributed by atoms with van der Waals surface area (Å²) >= 11 is 0. The molecule has 0 atom stereocenters. The van der Waals surface area contributed by atoms with Crippen LogP contribution in [0.25, 0.3) is 5.69 Å². The predicted octanol–water partition coefficient (Wildman–Crippen LogP) is 1.75. The molecule has 1 aromatic carbocycles. The van der Waals surface area contributed by atoms with Crippen LogP contribution in [-0.4, -0.2) is 31.4 Å². The third-order valence-corrected chi connectivity index (χ3v) is 3.67. The van der Waals surface area contributed by atoms with Crippen molar-refractivity contribution in [1.82, 2.24) is 19.6 Å². The van der Waals surface area contributed by atoms with E-state index in [1.54, 1.807) is 35.1 Å². The van der Waals surface area contributed by atoms with Gasteiger partial charge >= 0.3 is 0 Å². The molecule has 3 N–H and O–H groups in total. The highest BCUT2D eigenvalue weighted by molar-refractivity contribution is 6.04. The van der Waals surface area contributed by atoms with E-state index >= 15 is 0 Å². The first-order valence-corrected chi connectivity index (χ1v) is 7.80. The number of hydrogen-bond donors (Lipinski definition) is 2. The Morgan fingerprint density at radius 1 is 1.20 bits per heavy atom. The number of benzene rings is 1. The first-order chi connectivity index (χ1) is 12.0. The summed E-state index contributed by atoms with van der Waals surface area (Å²) in [6.45, 7) is 4.36. The van der Waals surface area contributed by atoms with Crippen molar-refractivity contribution in [2.24, 2.45) is 5.73 Å². The summed E-state index contributed by atoms with van der Waals surface area (Å²) in [4.78, 5) is 23.9. The lowest BCUT2D eigenvalue weighted by Crippen LogP contribution is -2.18. The number of anilines is 1. The van der Waals surface area contributed by atoms with Gasteiger partial charge in [0.1, 0.15) is 11.4 Å². The van der Waals surface area contributed by atoms with Gasteiger partial charge in [-0.3, -0.25) is 14.3 Å². The minimum atomic E-state index is -0.609.